The van der Waals surface area contributed by atoms with E-state index in [0.29, 0.717) is 29.5 Å². The Bertz CT molecular complexity index is 562. The first kappa shape index (κ1) is 15.5. The van der Waals surface area contributed by atoms with Crippen molar-refractivity contribution in [1.29, 1.82) is 0 Å². The van der Waals surface area contributed by atoms with Gasteiger partial charge in [-0.15, -0.1) is 0 Å². The molecule has 0 aromatic heterocycles. The average Bonchev–Trinajstić information content (AvgIpc) is 2.43. The smallest absolute Gasteiger partial charge is 0.308 e. The third-order valence-corrected chi connectivity index (χ3v) is 4.18. The minimum atomic E-state index is -0.869. The summed E-state index contributed by atoms with van der Waals surface area (Å²) in [5.74, 6) is -1.92. The minimum absolute atomic E-state index is 0.00114. The molecule has 21 heavy (non-hydrogen) atoms. The Balaban J connectivity index is 2.27. The van der Waals surface area contributed by atoms with Gasteiger partial charge in [-0.3, -0.25) is 9.59 Å². The molecule has 1 aliphatic rings. The quantitative estimate of drug-likeness (QED) is 0.912. The summed E-state index contributed by atoms with van der Waals surface area (Å²) in [5.41, 5.74) is 1.28. The van der Waals surface area contributed by atoms with E-state index in [9.17, 15) is 14.0 Å². The number of benzene rings is 1. The zero-order valence-electron chi connectivity index (χ0n) is 12.5. The molecule has 1 heterocycles. The standard InChI is InChI=1S/C16H20FNO3/c1-9-6-13(7-10(2)14(9)17)15(19)18-8-12(16(20)21)5-4-11(18)3/h6-7,11-12H,4-5,8H2,1-3H3,(H,20,21). The van der Waals surface area contributed by atoms with E-state index in [0.717, 1.165) is 0 Å². The number of halogens is 1. The van der Waals surface area contributed by atoms with Crippen LogP contribution in [-0.4, -0.2) is 34.5 Å². The van der Waals surface area contributed by atoms with E-state index in [2.05, 4.69) is 0 Å². The Labute approximate surface area is 123 Å². The normalized spacial score (nSPS) is 22.2. The molecule has 0 aliphatic carbocycles. The molecule has 1 fully saturated rings. The monoisotopic (exact) mass is 293 g/mol. The van der Waals surface area contributed by atoms with Gasteiger partial charge in [0.05, 0.1) is 5.92 Å². The predicted molar refractivity (Wildman–Crippen MR) is 76.7 cm³/mol. The van der Waals surface area contributed by atoms with E-state index in [4.69, 9.17) is 5.11 Å². The maximum Gasteiger partial charge on any atom is 0.308 e. The molecular formula is C16H20FNO3. The van der Waals surface area contributed by atoms with E-state index in [1.54, 1.807) is 18.7 Å². The van der Waals surface area contributed by atoms with Crippen molar-refractivity contribution < 1.29 is 19.1 Å². The highest BCUT2D eigenvalue weighted by Crippen LogP contribution is 2.25. The summed E-state index contributed by atoms with van der Waals surface area (Å²) in [6, 6.07) is 3.06. The maximum absolute atomic E-state index is 13.7. The fourth-order valence-corrected chi connectivity index (χ4v) is 2.83. The van der Waals surface area contributed by atoms with Crippen LogP contribution in [-0.2, 0) is 4.79 Å². The van der Waals surface area contributed by atoms with Crippen molar-refractivity contribution in [3.8, 4) is 0 Å². The molecule has 4 nitrogen and oxygen atoms in total. The number of rotatable bonds is 2. The molecule has 2 unspecified atom stereocenters. The van der Waals surface area contributed by atoms with Crippen LogP contribution in [0.25, 0.3) is 0 Å². The lowest BCUT2D eigenvalue weighted by Gasteiger charge is -2.36. The topological polar surface area (TPSA) is 57.6 Å². The molecule has 0 radical (unpaired) electrons. The number of aliphatic carboxylic acids is 1. The number of likely N-dealkylation sites (tertiary alicyclic amines) is 1. The Morgan fingerprint density at radius 2 is 1.81 bits per heavy atom. The first-order valence-corrected chi connectivity index (χ1v) is 7.11. The van der Waals surface area contributed by atoms with E-state index >= 15 is 0 Å². The summed E-state index contributed by atoms with van der Waals surface area (Å²) in [6.07, 6.45) is 1.25. The number of hydrogen-bond donors (Lipinski definition) is 1. The number of carboxylic acids is 1. The van der Waals surface area contributed by atoms with Gasteiger partial charge >= 0.3 is 5.97 Å². The average molecular weight is 293 g/mol. The second-order valence-corrected chi connectivity index (χ2v) is 5.84. The molecule has 2 atom stereocenters. The van der Waals surface area contributed by atoms with E-state index in [-0.39, 0.29) is 24.3 Å². The second-order valence-electron chi connectivity index (χ2n) is 5.84. The summed E-state index contributed by atoms with van der Waals surface area (Å²) in [6.45, 7) is 5.38. The first-order valence-electron chi connectivity index (χ1n) is 7.11. The van der Waals surface area contributed by atoms with Gasteiger partial charge in [0.2, 0.25) is 0 Å². The van der Waals surface area contributed by atoms with Gasteiger partial charge in [0.1, 0.15) is 5.82 Å². The Hall–Kier alpha value is -1.91. The number of carboxylic acid groups (broad SMARTS) is 1. The molecule has 1 aromatic rings. The number of piperidine rings is 1. The van der Waals surface area contributed by atoms with Gasteiger partial charge in [-0.25, -0.2) is 4.39 Å². The highest BCUT2D eigenvalue weighted by atomic mass is 19.1. The van der Waals surface area contributed by atoms with Crippen LogP contribution in [0.15, 0.2) is 12.1 Å². The van der Waals surface area contributed by atoms with Crippen molar-refractivity contribution >= 4 is 11.9 Å². The molecule has 1 amide bonds. The molecule has 0 saturated carbocycles. The zero-order valence-corrected chi connectivity index (χ0v) is 12.5. The van der Waals surface area contributed by atoms with Gasteiger partial charge in [-0.1, -0.05) is 0 Å². The molecular weight excluding hydrogens is 273 g/mol. The summed E-state index contributed by atoms with van der Waals surface area (Å²) < 4.78 is 13.7. The lowest BCUT2D eigenvalue weighted by Crippen LogP contribution is -2.47. The first-order chi connectivity index (χ1) is 9.81. The van der Waals surface area contributed by atoms with Crippen LogP contribution < -0.4 is 0 Å². The third kappa shape index (κ3) is 3.06. The summed E-state index contributed by atoms with van der Waals surface area (Å²) in [5, 5.41) is 9.13. The molecule has 0 bridgehead atoms. The van der Waals surface area contributed by atoms with E-state index < -0.39 is 11.9 Å². The van der Waals surface area contributed by atoms with Gasteiger partial charge in [-0.05, 0) is 56.9 Å². The van der Waals surface area contributed by atoms with Crippen LogP contribution in [0.1, 0.15) is 41.3 Å². The fraction of sp³-hybridized carbons (Fsp3) is 0.500. The van der Waals surface area contributed by atoms with Crippen molar-refractivity contribution in [3.05, 3.63) is 34.6 Å². The summed E-state index contributed by atoms with van der Waals surface area (Å²) in [4.78, 5) is 25.3. The molecule has 0 spiro atoms. The van der Waals surface area contributed by atoms with Gasteiger partial charge in [-0.2, -0.15) is 0 Å². The fourth-order valence-electron chi connectivity index (χ4n) is 2.83. The number of aryl methyl sites for hydroxylation is 2. The summed E-state index contributed by atoms with van der Waals surface area (Å²) in [7, 11) is 0. The molecule has 1 aliphatic heterocycles. The van der Waals surface area contributed by atoms with Crippen LogP contribution in [0.3, 0.4) is 0 Å². The molecule has 1 aromatic carbocycles. The van der Waals surface area contributed by atoms with Crippen molar-refractivity contribution in [1.82, 2.24) is 4.90 Å². The Morgan fingerprint density at radius 3 is 2.33 bits per heavy atom. The van der Waals surface area contributed by atoms with Crippen LogP contribution >= 0.6 is 0 Å². The predicted octanol–water partition coefficient (Wildman–Crippen LogP) is 2.77. The Kier molecular flexibility index (Phi) is 4.30. The minimum Gasteiger partial charge on any atom is -0.481 e. The van der Waals surface area contributed by atoms with Gasteiger partial charge in [0, 0.05) is 18.2 Å². The maximum atomic E-state index is 13.7. The molecule has 114 valence electrons. The number of carbonyl (C=O) groups is 2. The zero-order chi connectivity index (χ0) is 15.7. The highest BCUT2D eigenvalue weighted by molar-refractivity contribution is 5.95. The van der Waals surface area contributed by atoms with Crippen molar-refractivity contribution in [2.75, 3.05) is 6.54 Å². The van der Waals surface area contributed by atoms with Crippen LogP contribution in [0.2, 0.25) is 0 Å². The van der Waals surface area contributed by atoms with Crippen LogP contribution in [0, 0.1) is 25.6 Å². The lowest BCUT2D eigenvalue weighted by atomic mass is 9.92. The van der Waals surface area contributed by atoms with E-state index in [1.807, 2.05) is 6.92 Å². The molecule has 1 N–H and O–H groups in total. The van der Waals surface area contributed by atoms with Crippen molar-refractivity contribution in [2.45, 2.75) is 39.7 Å². The molecule has 5 heteroatoms. The largest absolute Gasteiger partial charge is 0.481 e. The number of nitrogens with zero attached hydrogens (tertiary/aromatic N) is 1. The van der Waals surface area contributed by atoms with Gasteiger partial charge in [0.25, 0.3) is 5.91 Å². The SMILES string of the molecule is Cc1cc(C(=O)N2CC(C(=O)O)CCC2C)cc(C)c1F. The molecule has 2 rings (SSSR count). The number of carbonyl (C=O) groups excluding carboxylic acids is 1. The number of hydrogen-bond acceptors (Lipinski definition) is 2. The Morgan fingerprint density at radius 1 is 1.24 bits per heavy atom. The number of amides is 1. The third-order valence-electron chi connectivity index (χ3n) is 4.18. The summed E-state index contributed by atoms with van der Waals surface area (Å²) >= 11 is 0. The van der Waals surface area contributed by atoms with Crippen LogP contribution in [0.4, 0.5) is 4.39 Å². The molecule has 1 saturated heterocycles. The lowest BCUT2D eigenvalue weighted by molar-refractivity contribution is -0.143. The highest BCUT2D eigenvalue weighted by Gasteiger charge is 2.33. The van der Waals surface area contributed by atoms with Crippen molar-refractivity contribution in [2.24, 2.45) is 5.92 Å². The van der Waals surface area contributed by atoms with Crippen LogP contribution in [0.5, 0.6) is 0 Å². The second kappa shape index (κ2) is 5.84. The van der Waals surface area contributed by atoms with E-state index in [1.165, 1.54) is 12.1 Å². The van der Waals surface area contributed by atoms with Crippen molar-refractivity contribution in [3.63, 3.8) is 0 Å². The van der Waals surface area contributed by atoms with Gasteiger partial charge < -0.3 is 10.0 Å². The van der Waals surface area contributed by atoms with Gasteiger partial charge in [0.15, 0.2) is 0 Å².